The zero-order valence-electron chi connectivity index (χ0n) is 17.5. The quantitative estimate of drug-likeness (QED) is 0.649. The van der Waals surface area contributed by atoms with Crippen LogP contribution in [0.15, 0.2) is 12.3 Å². The third kappa shape index (κ3) is 2.99. The summed E-state index contributed by atoms with van der Waals surface area (Å²) >= 11 is 0. The van der Waals surface area contributed by atoms with Crippen LogP contribution in [0.5, 0.6) is 0 Å². The van der Waals surface area contributed by atoms with E-state index in [-0.39, 0.29) is 11.8 Å². The number of morpholine rings is 1. The smallest absolute Gasteiger partial charge is 0.177 e. The van der Waals surface area contributed by atoms with Crippen LogP contribution in [-0.2, 0) is 4.74 Å². The number of aromatic nitrogens is 6. The van der Waals surface area contributed by atoms with Crippen LogP contribution >= 0.6 is 0 Å². The summed E-state index contributed by atoms with van der Waals surface area (Å²) in [5, 5.41) is 4.78. The summed E-state index contributed by atoms with van der Waals surface area (Å²) in [5.74, 6) is 4.43. The maximum atomic E-state index is 5.52. The molecule has 6 rings (SSSR count). The summed E-state index contributed by atoms with van der Waals surface area (Å²) in [6.45, 7) is 9.40. The van der Waals surface area contributed by atoms with E-state index in [2.05, 4.69) is 20.9 Å². The third-order valence-corrected chi connectivity index (χ3v) is 6.41. The average molecular weight is 406 g/mol. The lowest BCUT2D eigenvalue weighted by molar-refractivity contribution is 0.122. The highest BCUT2D eigenvalue weighted by atomic mass is 16.5. The zero-order valence-corrected chi connectivity index (χ0v) is 17.5. The molecule has 0 bridgehead atoms. The summed E-state index contributed by atoms with van der Waals surface area (Å²) in [7, 11) is 0. The number of anilines is 2. The molecule has 2 aliphatic heterocycles. The Bertz CT molecular complexity index is 1060. The molecule has 0 amide bonds. The van der Waals surface area contributed by atoms with Gasteiger partial charge in [0.25, 0.3) is 0 Å². The Balaban J connectivity index is 1.32. The van der Waals surface area contributed by atoms with Gasteiger partial charge in [-0.3, -0.25) is 4.98 Å². The van der Waals surface area contributed by atoms with Crippen molar-refractivity contribution in [3.8, 4) is 0 Å². The molecule has 0 N–H and O–H groups in total. The van der Waals surface area contributed by atoms with Crippen molar-refractivity contribution in [1.29, 1.82) is 0 Å². The maximum Gasteiger partial charge on any atom is 0.177 e. The third-order valence-electron chi connectivity index (χ3n) is 6.41. The van der Waals surface area contributed by atoms with Gasteiger partial charge >= 0.3 is 0 Å². The lowest BCUT2D eigenvalue weighted by Gasteiger charge is -2.34. The van der Waals surface area contributed by atoms with E-state index in [0.29, 0.717) is 0 Å². The minimum absolute atomic E-state index is 0.271. The second-order valence-electron chi connectivity index (χ2n) is 8.52. The second kappa shape index (κ2) is 6.87. The standard InChI is InChI=1S/C21H26N8O/c1-13-12-22-14(2)21-25-20(26-29(13)21)16-10-15(16)19-23-17(27-4-3-5-27)11-18(24-19)28-6-8-30-9-7-28/h11-12,15-16H,3-10H2,1-2H3. The van der Waals surface area contributed by atoms with Gasteiger partial charge in [0.1, 0.15) is 17.5 Å². The summed E-state index contributed by atoms with van der Waals surface area (Å²) in [6, 6.07) is 2.15. The van der Waals surface area contributed by atoms with Crippen LogP contribution in [0.2, 0.25) is 0 Å². The molecule has 1 saturated carbocycles. The molecule has 30 heavy (non-hydrogen) atoms. The molecule has 9 heteroatoms. The largest absolute Gasteiger partial charge is 0.378 e. The number of hydrogen-bond acceptors (Lipinski definition) is 8. The van der Waals surface area contributed by atoms with Crippen molar-refractivity contribution < 1.29 is 4.74 Å². The van der Waals surface area contributed by atoms with Crippen molar-refractivity contribution >= 4 is 17.3 Å². The van der Waals surface area contributed by atoms with Gasteiger partial charge in [0.2, 0.25) is 0 Å². The first-order valence-corrected chi connectivity index (χ1v) is 10.8. The fourth-order valence-electron chi connectivity index (χ4n) is 4.30. The molecule has 3 aromatic rings. The number of fused-ring (bicyclic) bond motifs is 1. The Morgan fingerprint density at radius 2 is 1.60 bits per heavy atom. The summed E-state index contributed by atoms with van der Waals surface area (Å²) in [5.41, 5.74) is 2.75. The number of aryl methyl sites for hydroxylation is 2. The van der Waals surface area contributed by atoms with Crippen molar-refractivity contribution in [2.75, 3.05) is 49.2 Å². The van der Waals surface area contributed by atoms with Gasteiger partial charge in [0, 0.05) is 50.3 Å². The molecule has 3 aromatic heterocycles. The number of ether oxygens (including phenoxy) is 1. The lowest BCUT2D eigenvalue weighted by Crippen LogP contribution is -2.39. The van der Waals surface area contributed by atoms with Crippen molar-refractivity contribution in [1.82, 2.24) is 29.5 Å². The molecular formula is C21H26N8O. The van der Waals surface area contributed by atoms with Gasteiger partial charge in [-0.05, 0) is 26.7 Å². The molecule has 3 aliphatic rings. The first kappa shape index (κ1) is 18.0. The normalized spacial score (nSPS) is 23.7. The molecule has 0 aromatic carbocycles. The van der Waals surface area contributed by atoms with Crippen molar-refractivity contribution in [3.05, 3.63) is 35.3 Å². The van der Waals surface area contributed by atoms with E-state index in [4.69, 9.17) is 24.8 Å². The molecule has 156 valence electrons. The van der Waals surface area contributed by atoms with Gasteiger partial charge in [-0.15, -0.1) is 0 Å². The first-order valence-electron chi connectivity index (χ1n) is 10.8. The number of nitrogens with zero attached hydrogens (tertiary/aromatic N) is 8. The van der Waals surface area contributed by atoms with Crippen LogP contribution in [0, 0.1) is 13.8 Å². The Morgan fingerprint density at radius 1 is 0.900 bits per heavy atom. The predicted octanol–water partition coefficient (Wildman–Crippen LogP) is 1.85. The van der Waals surface area contributed by atoms with E-state index < -0.39 is 0 Å². The Morgan fingerprint density at radius 3 is 2.27 bits per heavy atom. The Hall–Kier alpha value is -2.81. The molecule has 2 atom stereocenters. The van der Waals surface area contributed by atoms with Gasteiger partial charge in [-0.1, -0.05) is 0 Å². The molecule has 2 saturated heterocycles. The second-order valence-corrected chi connectivity index (χ2v) is 8.52. The van der Waals surface area contributed by atoms with E-state index in [9.17, 15) is 0 Å². The van der Waals surface area contributed by atoms with Crippen LogP contribution < -0.4 is 9.80 Å². The highest BCUT2D eigenvalue weighted by Crippen LogP contribution is 2.53. The SMILES string of the molecule is Cc1ncc(C)n2nc(C3CC3c3nc(N4CCC4)cc(N4CCOCC4)n3)nc12. The fraction of sp³-hybridized carbons (Fsp3) is 0.571. The molecule has 1 aliphatic carbocycles. The van der Waals surface area contributed by atoms with Gasteiger partial charge in [0.05, 0.1) is 24.6 Å². The summed E-state index contributed by atoms with van der Waals surface area (Å²) in [4.78, 5) is 23.8. The van der Waals surface area contributed by atoms with E-state index >= 15 is 0 Å². The van der Waals surface area contributed by atoms with Crippen LogP contribution in [-0.4, -0.2) is 68.9 Å². The topological polar surface area (TPSA) is 84.6 Å². The highest BCUT2D eigenvalue weighted by Gasteiger charge is 2.45. The van der Waals surface area contributed by atoms with Crippen molar-refractivity contribution in [2.24, 2.45) is 0 Å². The van der Waals surface area contributed by atoms with Gasteiger partial charge in [-0.25, -0.2) is 19.5 Å². The fourth-order valence-corrected chi connectivity index (χ4v) is 4.30. The molecular weight excluding hydrogens is 380 g/mol. The monoisotopic (exact) mass is 406 g/mol. The van der Waals surface area contributed by atoms with E-state index in [0.717, 1.165) is 86.1 Å². The van der Waals surface area contributed by atoms with Crippen molar-refractivity contribution in [3.63, 3.8) is 0 Å². The molecule has 5 heterocycles. The number of hydrogen-bond donors (Lipinski definition) is 0. The van der Waals surface area contributed by atoms with E-state index in [1.165, 1.54) is 6.42 Å². The Kier molecular flexibility index (Phi) is 4.12. The molecule has 3 fully saturated rings. The van der Waals surface area contributed by atoms with Gasteiger partial charge in [0.15, 0.2) is 11.5 Å². The zero-order chi connectivity index (χ0) is 20.2. The minimum atomic E-state index is 0.271. The lowest BCUT2D eigenvalue weighted by atomic mass is 10.2. The van der Waals surface area contributed by atoms with Crippen LogP contribution in [0.4, 0.5) is 11.6 Å². The van der Waals surface area contributed by atoms with Gasteiger partial charge in [-0.2, -0.15) is 5.10 Å². The van der Waals surface area contributed by atoms with E-state index in [1.807, 2.05) is 24.6 Å². The van der Waals surface area contributed by atoms with Crippen molar-refractivity contribution in [2.45, 2.75) is 38.5 Å². The maximum absolute atomic E-state index is 5.52. The average Bonchev–Trinajstić information content (AvgIpc) is 3.40. The van der Waals surface area contributed by atoms with Gasteiger partial charge < -0.3 is 14.5 Å². The molecule has 9 nitrogen and oxygen atoms in total. The minimum Gasteiger partial charge on any atom is -0.378 e. The molecule has 2 unspecified atom stereocenters. The van der Waals surface area contributed by atoms with E-state index in [1.54, 1.807) is 0 Å². The number of rotatable bonds is 4. The van der Waals surface area contributed by atoms with Crippen LogP contribution in [0.25, 0.3) is 5.65 Å². The molecule has 0 spiro atoms. The Labute approximate surface area is 175 Å². The summed E-state index contributed by atoms with van der Waals surface area (Å²) < 4.78 is 7.43. The molecule has 0 radical (unpaired) electrons. The summed E-state index contributed by atoms with van der Waals surface area (Å²) in [6.07, 6.45) is 4.07. The highest BCUT2D eigenvalue weighted by molar-refractivity contribution is 5.53. The predicted molar refractivity (Wildman–Crippen MR) is 112 cm³/mol. The first-order chi connectivity index (χ1) is 14.7. The van der Waals surface area contributed by atoms with Crippen LogP contribution in [0.3, 0.4) is 0 Å². The van der Waals surface area contributed by atoms with Crippen LogP contribution in [0.1, 0.15) is 47.7 Å².